The summed E-state index contributed by atoms with van der Waals surface area (Å²) in [7, 11) is 0. The second kappa shape index (κ2) is 9.50. The van der Waals surface area contributed by atoms with E-state index in [1.807, 2.05) is 12.1 Å². The molecule has 0 N–H and O–H groups in total. The molecule has 0 unspecified atom stereocenters. The average Bonchev–Trinajstić information content (AvgIpc) is 3.35. The van der Waals surface area contributed by atoms with Crippen molar-refractivity contribution in [1.82, 2.24) is 29.4 Å². The number of carbonyl (C=O) groups is 1. The molecule has 1 aliphatic rings. The molecule has 3 aromatic rings. The van der Waals surface area contributed by atoms with Crippen molar-refractivity contribution in [2.45, 2.75) is 27.1 Å². The lowest BCUT2D eigenvalue weighted by atomic mass is 10.2. The molecular formula is C21H23Cl2N7O3. The fourth-order valence-electron chi connectivity index (χ4n) is 3.95. The minimum atomic E-state index is -0.437. The summed E-state index contributed by atoms with van der Waals surface area (Å²) >= 11 is 12.1. The number of piperazine rings is 1. The molecule has 0 spiro atoms. The first-order valence-corrected chi connectivity index (χ1v) is 11.2. The van der Waals surface area contributed by atoms with Crippen LogP contribution in [0.25, 0.3) is 0 Å². The largest absolute Gasteiger partial charge is 0.335 e. The van der Waals surface area contributed by atoms with Crippen molar-refractivity contribution in [3.63, 3.8) is 0 Å². The first-order chi connectivity index (χ1) is 15.7. The van der Waals surface area contributed by atoms with Gasteiger partial charge in [0.2, 0.25) is 0 Å². The SMILES string of the molecule is Cc1nn(Cn2ccc(C(=O)N3CCN(Cc4ccc(Cl)c(Cl)c4)CC3)n2)c(C)c1[N+](=O)[O-]. The van der Waals surface area contributed by atoms with E-state index in [2.05, 4.69) is 15.1 Å². The van der Waals surface area contributed by atoms with Crippen molar-refractivity contribution in [1.29, 1.82) is 0 Å². The molecule has 1 aromatic carbocycles. The third-order valence-corrected chi connectivity index (χ3v) is 6.45. The van der Waals surface area contributed by atoms with E-state index in [4.69, 9.17) is 23.2 Å². The van der Waals surface area contributed by atoms with Crippen molar-refractivity contribution in [2.75, 3.05) is 26.2 Å². The fourth-order valence-corrected chi connectivity index (χ4v) is 4.27. The van der Waals surface area contributed by atoms with Crippen LogP contribution >= 0.6 is 23.2 Å². The normalized spacial score (nSPS) is 14.6. The zero-order valence-corrected chi connectivity index (χ0v) is 19.8. The second-order valence-electron chi connectivity index (χ2n) is 7.97. The number of hydrogen-bond donors (Lipinski definition) is 0. The molecule has 2 aromatic heterocycles. The number of carbonyl (C=O) groups excluding carboxylic acids is 1. The van der Waals surface area contributed by atoms with E-state index in [9.17, 15) is 14.9 Å². The third-order valence-electron chi connectivity index (χ3n) is 5.71. The molecule has 0 bridgehead atoms. The van der Waals surface area contributed by atoms with E-state index in [0.717, 1.165) is 25.2 Å². The summed E-state index contributed by atoms with van der Waals surface area (Å²) in [4.78, 5) is 27.7. The quantitative estimate of drug-likeness (QED) is 0.386. The van der Waals surface area contributed by atoms with Crippen LogP contribution in [0.3, 0.4) is 0 Å². The summed E-state index contributed by atoms with van der Waals surface area (Å²) in [6, 6.07) is 7.27. The lowest BCUT2D eigenvalue weighted by Crippen LogP contribution is -2.48. The first kappa shape index (κ1) is 23.2. The second-order valence-corrected chi connectivity index (χ2v) is 8.79. The molecule has 4 rings (SSSR count). The van der Waals surface area contributed by atoms with Crippen LogP contribution < -0.4 is 0 Å². The molecule has 174 valence electrons. The van der Waals surface area contributed by atoms with Crippen LogP contribution in [0.2, 0.25) is 10.0 Å². The van der Waals surface area contributed by atoms with Crippen LogP contribution in [-0.2, 0) is 13.2 Å². The standard InChI is InChI=1S/C21H23Cl2N7O3/c1-14-20(30(32)33)15(2)29(24-14)13-28-6-5-19(25-28)21(31)27-9-7-26(8-10-27)12-16-3-4-17(22)18(23)11-16/h3-6,11H,7-10,12-13H2,1-2H3. The number of aryl methyl sites for hydroxylation is 1. The Morgan fingerprint density at radius 1 is 1.09 bits per heavy atom. The van der Waals surface area contributed by atoms with Crippen molar-refractivity contribution < 1.29 is 9.72 Å². The van der Waals surface area contributed by atoms with Gasteiger partial charge in [-0.3, -0.25) is 24.5 Å². The zero-order valence-electron chi connectivity index (χ0n) is 18.2. The Morgan fingerprint density at radius 2 is 1.82 bits per heavy atom. The smallest absolute Gasteiger partial charge is 0.312 e. The van der Waals surface area contributed by atoms with Gasteiger partial charge < -0.3 is 4.90 Å². The van der Waals surface area contributed by atoms with Crippen molar-refractivity contribution >= 4 is 34.8 Å². The van der Waals surface area contributed by atoms with Gasteiger partial charge in [-0.25, -0.2) is 4.68 Å². The van der Waals surface area contributed by atoms with Crippen LogP contribution in [0.15, 0.2) is 30.5 Å². The fraction of sp³-hybridized carbons (Fsp3) is 0.381. The summed E-state index contributed by atoms with van der Waals surface area (Å²) in [6.07, 6.45) is 1.68. The van der Waals surface area contributed by atoms with Crippen LogP contribution in [-0.4, -0.2) is 66.4 Å². The van der Waals surface area contributed by atoms with Gasteiger partial charge in [-0.1, -0.05) is 29.3 Å². The molecule has 1 fully saturated rings. The van der Waals surface area contributed by atoms with Gasteiger partial charge in [0, 0.05) is 38.9 Å². The maximum absolute atomic E-state index is 12.9. The number of amides is 1. The lowest BCUT2D eigenvalue weighted by molar-refractivity contribution is -0.386. The first-order valence-electron chi connectivity index (χ1n) is 10.4. The topological polar surface area (TPSA) is 102 Å². The van der Waals surface area contributed by atoms with Gasteiger partial charge >= 0.3 is 5.69 Å². The van der Waals surface area contributed by atoms with E-state index in [0.29, 0.717) is 40.2 Å². The number of aromatic nitrogens is 4. The Kier molecular flexibility index (Phi) is 6.68. The van der Waals surface area contributed by atoms with E-state index < -0.39 is 4.92 Å². The summed E-state index contributed by atoms with van der Waals surface area (Å²) in [5.41, 5.74) is 2.20. The zero-order chi connectivity index (χ0) is 23.7. The highest BCUT2D eigenvalue weighted by Crippen LogP contribution is 2.24. The van der Waals surface area contributed by atoms with Crippen molar-refractivity contribution in [3.05, 3.63) is 73.3 Å². The number of benzene rings is 1. The van der Waals surface area contributed by atoms with E-state index in [1.54, 1.807) is 41.8 Å². The van der Waals surface area contributed by atoms with Crippen LogP contribution in [0.4, 0.5) is 5.69 Å². The maximum Gasteiger partial charge on any atom is 0.312 e. The Labute approximate surface area is 200 Å². The van der Waals surface area contributed by atoms with Gasteiger partial charge in [-0.15, -0.1) is 0 Å². The number of hydrogen-bond acceptors (Lipinski definition) is 6. The molecule has 33 heavy (non-hydrogen) atoms. The monoisotopic (exact) mass is 491 g/mol. The summed E-state index contributed by atoms with van der Waals surface area (Å²) in [6.45, 7) is 6.83. The van der Waals surface area contributed by atoms with E-state index >= 15 is 0 Å². The molecule has 0 atom stereocenters. The van der Waals surface area contributed by atoms with Crippen molar-refractivity contribution in [2.24, 2.45) is 0 Å². The Balaban J connectivity index is 1.35. The molecule has 0 radical (unpaired) electrons. The number of rotatable bonds is 6. The van der Waals surface area contributed by atoms with Crippen LogP contribution in [0, 0.1) is 24.0 Å². The van der Waals surface area contributed by atoms with Crippen molar-refractivity contribution in [3.8, 4) is 0 Å². The molecule has 10 nitrogen and oxygen atoms in total. The van der Waals surface area contributed by atoms with E-state index in [-0.39, 0.29) is 18.3 Å². The molecule has 1 amide bonds. The molecule has 12 heteroatoms. The predicted octanol–water partition coefficient (Wildman–Crippen LogP) is 3.38. The van der Waals surface area contributed by atoms with Gasteiger partial charge in [0.1, 0.15) is 23.8 Å². The minimum absolute atomic E-state index is 0.00259. The number of halogens is 2. The minimum Gasteiger partial charge on any atom is -0.335 e. The van der Waals surface area contributed by atoms with Gasteiger partial charge in [0.05, 0.1) is 15.0 Å². The molecule has 3 heterocycles. The summed E-state index contributed by atoms with van der Waals surface area (Å²) in [5.74, 6) is -0.137. The van der Waals surface area contributed by atoms with Gasteiger partial charge in [-0.05, 0) is 37.6 Å². The highest BCUT2D eigenvalue weighted by Gasteiger charge is 2.25. The molecular weight excluding hydrogens is 469 g/mol. The summed E-state index contributed by atoms with van der Waals surface area (Å²) < 4.78 is 3.06. The van der Waals surface area contributed by atoms with Crippen LogP contribution in [0.1, 0.15) is 27.4 Å². The number of nitrogens with zero attached hydrogens (tertiary/aromatic N) is 7. The van der Waals surface area contributed by atoms with Crippen LogP contribution in [0.5, 0.6) is 0 Å². The molecule has 0 saturated carbocycles. The lowest BCUT2D eigenvalue weighted by Gasteiger charge is -2.34. The Hall–Kier alpha value is -2.95. The van der Waals surface area contributed by atoms with Gasteiger partial charge in [-0.2, -0.15) is 10.2 Å². The number of nitro groups is 1. The Morgan fingerprint density at radius 3 is 2.45 bits per heavy atom. The molecule has 1 aliphatic heterocycles. The Bertz CT molecular complexity index is 1200. The molecule has 0 aliphatic carbocycles. The molecule has 1 saturated heterocycles. The summed E-state index contributed by atoms with van der Waals surface area (Å²) in [5, 5.41) is 20.9. The maximum atomic E-state index is 12.9. The highest BCUT2D eigenvalue weighted by molar-refractivity contribution is 6.42. The third kappa shape index (κ3) is 5.02. The predicted molar refractivity (Wildman–Crippen MR) is 124 cm³/mol. The highest BCUT2D eigenvalue weighted by atomic mass is 35.5. The van der Waals surface area contributed by atoms with Gasteiger partial charge in [0.15, 0.2) is 0 Å². The van der Waals surface area contributed by atoms with Gasteiger partial charge in [0.25, 0.3) is 5.91 Å². The van der Waals surface area contributed by atoms with E-state index in [1.165, 1.54) is 4.68 Å². The average molecular weight is 492 g/mol.